The smallest absolute Gasteiger partial charge is 0.331 e. The van der Waals surface area contributed by atoms with E-state index in [2.05, 4.69) is 31.9 Å². The first kappa shape index (κ1) is 28.6. The lowest BCUT2D eigenvalue weighted by Gasteiger charge is -2.06. The lowest BCUT2D eigenvalue weighted by molar-refractivity contribution is -0.144. The highest BCUT2D eigenvalue weighted by molar-refractivity contribution is 9.10. The molecule has 0 aliphatic carbocycles. The van der Waals surface area contributed by atoms with Crippen molar-refractivity contribution in [3.05, 3.63) is 68.6 Å². The Bertz CT molecular complexity index is 1100. The summed E-state index contributed by atoms with van der Waals surface area (Å²) >= 11 is 6.36. The lowest BCUT2D eigenvalue weighted by Crippen LogP contribution is -2.14. The lowest BCUT2D eigenvalue weighted by atomic mass is 10.2. The zero-order chi connectivity index (χ0) is 26.5. The molecule has 188 valence electrons. The Hall–Kier alpha value is -3.64. The fourth-order valence-electron chi connectivity index (χ4n) is 2.42. The van der Waals surface area contributed by atoms with E-state index in [1.807, 2.05) is 0 Å². The average Bonchev–Trinajstić information content (AvgIpc) is 2.85. The van der Waals surface area contributed by atoms with Gasteiger partial charge in [-0.15, -0.1) is 0 Å². The predicted molar refractivity (Wildman–Crippen MR) is 131 cm³/mol. The van der Waals surface area contributed by atoms with Gasteiger partial charge in [-0.3, -0.25) is 19.2 Å². The summed E-state index contributed by atoms with van der Waals surface area (Å²) in [7, 11) is 0. The Morgan fingerprint density at radius 2 is 1.06 bits per heavy atom. The van der Waals surface area contributed by atoms with Crippen LogP contribution in [0.5, 0.6) is 11.5 Å². The van der Waals surface area contributed by atoms with E-state index in [9.17, 15) is 28.8 Å². The molecule has 0 amide bonds. The Morgan fingerprint density at radius 1 is 0.667 bits per heavy atom. The Balaban J connectivity index is 1.64. The van der Waals surface area contributed by atoms with E-state index in [1.165, 1.54) is 24.3 Å². The van der Waals surface area contributed by atoms with Gasteiger partial charge in [0.2, 0.25) is 0 Å². The van der Waals surface area contributed by atoms with Crippen molar-refractivity contribution in [2.45, 2.75) is 12.8 Å². The van der Waals surface area contributed by atoms with Gasteiger partial charge in [-0.1, -0.05) is 31.9 Å². The van der Waals surface area contributed by atoms with Crippen molar-refractivity contribution in [3.63, 3.8) is 0 Å². The minimum Gasteiger partial charge on any atom is -0.462 e. The number of hydrogen-bond acceptors (Lipinski definition) is 10. The van der Waals surface area contributed by atoms with Crippen molar-refractivity contribution < 1.29 is 47.7 Å². The van der Waals surface area contributed by atoms with Crippen LogP contribution in [0.25, 0.3) is 0 Å². The molecular formula is C24H18Br2O10. The molecule has 0 saturated heterocycles. The minimum atomic E-state index is -0.896. The summed E-state index contributed by atoms with van der Waals surface area (Å²) in [6.45, 7) is -0.607. The monoisotopic (exact) mass is 624 g/mol. The summed E-state index contributed by atoms with van der Waals surface area (Å²) in [6.07, 6.45) is 2.29. The van der Waals surface area contributed by atoms with E-state index in [-0.39, 0.29) is 37.6 Å². The SMILES string of the molecule is O=Cc1cc(OC(=O)CCOC(=O)/C=C\C(=O)OCCC(=O)Oc2ccc(Br)c(C=O)c2)ccc1Br. The second-order valence-corrected chi connectivity index (χ2v) is 8.43. The van der Waals surface area contributed by atoms with Crippen LogP contribution in [0.3, 0.4) is 0 Å². The fraction of sp³-hybridized carbons (Fsp3) is 0.167. The van der Waals surface area contributed by atoms with Crippen LogP contribution < -0.4 is 9.47 Å². The summed E-state index contributed by atoms with van der Waals surface area (Å²) < 4.78 is 20.8. The molecule has 0 fully saturated rings. The number of esters is 4. The molecule has 0 saturated carbocycles. The van der Waals surface area contributed by atoms with E-state index in [4.69, 9.17) is 18.9 Å². The molecular weight excluding hydrogens is 608 g/mol. The van der Waals surface area contributed by atoms with Crippen LogP contribution >= 0.6 is 31.9 Å². The van der Waals surface area contributed by atoms with Crippen molar-refractivity contribution in [3.8, 4) is 11.5 Å². The normalized spacial score (nSPS) is 10.4. The van der Waals surface area contributed by atoms with Gasteiger partial charge in [-0.25, -0.2) is 9.59 Å². The number of aldehydes is 2. The summed E-state index contributed by atoms with van der Waals surface area (Å²) in [4.78, 5) is 68.8. The molecule has 12 heteroatoms. The van der Waals surface area contributed by atoms with Crippen molar-refractivity contribution in [2.75, 3.05) is 13.2 Å². The van der Waals surface area contributed by atoms with E-state index >= 15 is 0 Å². The van der Waals surface area contributed by atoms with E-state index in [0.29, 0.717) is 32.6 Å². The highest BCUT2D eigenvalue weighted by Gasteiger charge is 2.11. The minimum absolute atomic E-state index is 0.158. The zero-order valence-electron chi connectivity index (χ0n) is 18.4. The second kappa shape index (κ2) is 14.7. The van der Waals surface area contributed by atoms with Gasteiger partial charge < -0.3 is 18.9 Å². The third-order valence-electron chi connectivity index (χ3n) is 4.11. The maximum absolute atomic E-state index is 11.8. The van der Waals surface area contributed by atoms with Crippen molar-refractivity contribution in [1.29, 1.82) is 0 Å². The molecule has 2 aromatic carbocycles. The van der Waals surface area contributed by atoms with Gasteiger partial charge in [0.05, 0.1) is 12.8 Å². The first-order chi connectivity index (χ1) is 17.2. The number of carbonyl (C=O) groups excluding carboxylic acids is 6. The largest absolute Gasteiger partial charge is 0.462 e. The molecule has 0 aliphatic rings. The first-order valence-corrected chi connectivity index (χ1v) is 11.7. The first-order valence-electron chi connectivity index (χ1n) is 10.1. The third-order valence-corrected chi connectivity index (χ3v) is 5.55. The number of hydrogen-bond donors (Lipinski definition) is 0. The van der Waals surface area contributed by atoms with Crippen LogP contribution in [0.15, 0.2) is 57.5 Å². The molecule has 10 nitrogen and oxygen atoms in total. The maximum Gasteiger partial charge on any atom is 0.331 e. The topological polar surface area (TPSA) is 139 Å². The van der Waals surface area contributed by atoms with E-state index < -0.39 is 23.9 Å². The molecule has 0 aliphatic heterocycles. The fourth-order valence-corrected chi connectivity index (χ4v) is 3.10. The summed E-state index contributed by atoms with van der Waals surface area (Å²) in [6, 6.07) is 8.82. The van der Waals surface area contributed by atoms with Crippen molar-refractivity contribution in [2.24, 2.45) is 0 Å². The van der Waals surface area contributed by atoms with Crippen LogP contribution in [-0.2, 0) is 28.7 Å². The summed E-state index contributed by atoms with van der Waals surface area (Å²) in [5.41, 5.74) is 0.608. The molecule has 2 aromatic rings. The van der Waals surface area contributed by atoms with Gasteiger partial charge in [0, 0.05) is 32.2 Å². The molecule has 2 rings (SSSR count). The van der Waals surface area contributed by atoms with Gasteiger partial charge in [0.1, 0.15) is 24.7 Å². The van der Waals surface area contributed by atoms with Crippen LogP contribution in [0, 0.1) is 0 Å². The molecule has 0 aromatic heterocycles. The van der Waals surface area contributed by atoms with E-state index in [1.54, 1.807) is 12.1 Å². The van der Waals surface area contributed by atoms with Gasteiger partial charge in [0.15, 0.2) is 12.6 Å². The number of rotatable bonds is 12. The molecule has 0 atom stereocenters. The summed E-state index contributed by atoms with van der Waals surface area (Å²) in [5, 5.41) is 0. The molecule has 0 bridgehead atoms. The molecule has 36 heavy (non-hydrogen) atoms. The summed E-state index contributed by atoms with van der Waals surface area (Å²) in [5.74, 6) is -2.86. The van der Waals surface area contributed by atoms with Gasteiger partial charge in [-0.2, -0.15) is 0 Å². The number of ether oxygens (including phenoxy) is 4. The maximum atomic E-state index is 11.8. The van der Waals surface area contributed by atoms with Crippen molar-refractivity contribution in [1.82, 2.24) is 0 Å². The van der Waals surface area contributed by atoms with E-state index in [0.717, 1.165) is 12.2 Å². The van der Waals surface area contributed by atoms with Crippen molar-refractivity contribution >= 4 is 68.3 Å². The average molecular weight is 626 g/mol. The van der Waals surface area contributed by atoms with Crippen LogP contribution in [0.4, 0.5) is 0 Å². The van der Waals surface area contributed by atoms with Gasteiger partial charge in [0.25, 0.3) is 0 Å². The van der Waals surface area contributed by atoms with Gasteiger partial charge in [-0.05, 0) is 36.4 Å². The number of halogens is 2. The molecule has 0 N–H and O–H groups in total. The standard InChI is InChI=1S/C24H18Br2O10/c25-19-3-1-17(11-15(19)13-27)35-23(31)7-9-33-21(29)5-6-22(30)34-10-8-24(32)36-18-2-4-20(26)16(12-18)14-28/h1-6,11-14H,7-10H2/b6-5-. The van der Waals surface area contributed by atoms with Crippen LogP contribution in [0.2, 0.25) is 0 Å². The molecule has 0 spiro atoms. The molecule has 0 radical (unpaired) electrons. The number of carbonyl (C=O) groups is 6. The molecule has 0 unspecified atom stereocenters. The Morgan fingerprint density at radius 3 is 1.42 bits per heavy atom. The second-order valence-electron chi connectivity index (χ2n) is 6.72. The predicted octanol–water partition coefficient (Wildman–Crippen LogP) is 3.77. The van der Waals surface area contributed by atoms with Crippen LogP contribution in [-0.4, -0.2) is 49.7 Å². The highest BCUT2D eigenvalue weighted by atomic mass is 79.9. The zero-order valence-corrected chi connectivity index (χ0v) is 21.6. The highest BCUT2D eigenvalue weighted by Crippen LogP contribution is 2.22. The Kier molecular flexibility index (Phi) is 11.7. The Labute approximate surface area is 221 Å². The third kappa shape index (κ3) is 9.92. The van der Waals surface area contributed by atoms with Gasteiger partial charge >= 0.3 is 23.9 Å². The van der Waals surface area contributed by atoms with Crippen LogP contribution in [0.1, 0.15) is 33.6 Å². The molecule has 0 heterocycles. The quantitative estimate of drug-likeness (QED) is 0.148. The number of benzene rings is 2.